The third-order valence-electron chi connectivity index (χ3n) is 3.66. The van der Waals surface area contributed by atoms with E-state index >= 15 is 0 Å². The molecule has 1 aliphatic rings. The number of halogens is 3. The van der Waals surface area contributed by atoms with Crippen LogP contribution in [-0.2, 0) is 0 Å². The van der Waals surface area contributed by atoms with Gasteiger partial charge in [-0.25, -0.2) is 13.2 Å². The van der Waals surface area contributed by atoms with Gasteiger partial charge in [-0.2, -0.15) is 0 Å². The number of nitrogens with one attached hydrogen (secondary N) is 1. The number of rotatable bonds is 3. The van der Waals surface area contributed by atoms with Crippen LogP contribution in [0.3, 0.4) is 0 Å². The van der Waals surface area contributed by atoms with E-state index in [-0.39, 0.29) is 0 Å². The van der Waals surface area contributed by atoms with Crippen LogP contribution in [0.5, 0.6) is 0 Å². The first kappa shape index (κ1) is 14.8. The molecule has 3 nitrogen and oxygen atoms in total. The van der Waals surface area contributed by atoms with Crippen molar-refractivity contribution in [3.8, 4) is 0 Å². The Kier molecular flexibility index (Phi) is 4.65. The highest BCUT2D eigenvalue weighted by molar-refractivity contribution is 5.94. The molecule has 0 aliphatic carbocycles. The van der Waals surface area contributed by atoms with Crippen molar-refractivity contribution in [2.75, 3.05) is 26.7 Å². The largest absolute Gasteiger partial charge is 0.339 e. The third kappa shape index (κ3) is 2.95. The van der Waals surface area contributed by atoms with Crippen molar-refractivity contribution >= 4 is 5.91 Å². The first-order valence-electron chi connectivity index (χ1n) is 6.62. The van der Waals surface area contributed by atoms with E-state index in [9.17, 15) is 18.0 Å². The quantitative estimate of drug-likeness (QED) is 0.864. The zero-order valence-electron chi connectivity index (χ0n) is 11.3. The Morgan fingerprint density at radius 1 is 1.25 bits per heavy atom. The minimum atomic E-state index is -1.60. The van der Waals surface area contributed by atoms with Crippen LogP contribution in [-0.4, -0.2) is 37.5 Å². The summed E-state index contributed by atoms with van der Waals surface area (Å²) in [4.78, 5) is 13.6. The van der Waals surface area contributed by atoms with Crippen LogP contribution >= 0.6 is 0 Å². The van der Waals surface area contributed by atoms with E-state index in [1.807, 2.05) is 7.05 Å². The SMILES string of the molecule is CNCC1CCN(C(=O)c2ccc(F)c(F)c2F)CC1. The minimum absolute atomic E-state index is 0.407. The lowest BCUT2D eigenvalue weighted by atomic mass is 9.96. The number of hydrogen-bond donors (Lipinski definition) is 1. The maximum absolute atomic E-state index is 13.6. The molecule has 6 heteroatoms. The number of piperidine rings is 1. The molecule has 0 saturated carbocycles. The third-order valence-corrected chi connectivity index (χ3v) is 3.66. The second kappa shape index (κ2) is 6.26. The Balaban J connectivity index is 2.08. The number of likely N-dealkylation sites (tertiary alicyclic amines) is 1. The van der Waals surface area contributed by atoms with Crippen LogP contribution in [0.15, 0.2) is 12.1 Å². The Hall–Kier alpha value is -1.56. The molecule has 1 aromatic carbocycles. The molecule has 0 bridgehead atoms. The van der Waals surface area contributed by atoms with E-state index in [0.717, 1.165) is 31.5 Å². The Morgan fingerprint density at radius 3 is 2.50 bits per heavy atom. The van der Waals surface area contributed by atoms with Crippen molar-refractivity contribution in [1.29, 1.82) is 0 Å². The molecule has 1 amide bonds. The molecule has 1 aromatic rings. The van der Waals surface area contributed by atoms with Crippen LogP contribution < -0.4 is 5.32 Å². The van der Waals surface area contributed by atoms with E-state index in [0.29, 0.717) is 19.0 Å². The molecule has 1 N–H and O–H groups in total. The summed E-state index contributed by atoms with van der Waals surface area (Å²) in [5.41, 5.74) is -0.407. The number of amides is 1. The van der Waals surface area contributed by atoms with Crippen LogP contribution in [0.1, 0.15) is 23.2 Å². The van der Waals surface area contributed by atoms with Crippen molar-refractivity contribution in [2.24, 2.45) is 5.92 Å². The van der Waals surface area contributed by atoms with Crippen LogP contribution in [0.2, 0.25) is 0 Å². The average molecular weight is 286 g/mol. The van der Waals surface area contributed by atoms with Crippen molar-refractivity contribution in [3.63, 3.8) is 0 Å². The summed E-state index contributed by atoms with van der Waals surface area (Å²) in [7, 11) is 1.87. The van der Waals surface area contributed by atoms with Gasteiger partial charge in [0.15, 0.2) is 17.5 Å². The predicted octanol–water partition coefficient (Wildman–Crippen LogP) is 2.18. The molecule has 1 aliphatic heterocycles. The molecular weight excluding hydrogens is 269 g/mol. The molecule has 20 heavy (non-hydrogen) atoms. The summed E-state index contributed by atoms with van der Waals surface area (Å²) < 4.78 is 39.6. The van der Waals surface area contributed by atoms with E-state index in [1.165, 1.54) is 4.90 Å². The number of carbonyl (C=O) groups excluding carboxylic acids is 1. The number of carbonyl (C=O) groups is 1. The molecule has 0 unspecified atom stereocenters. The first-order chi connectivity index (χ1) is 9.54. The highest BCUT2D eigenvalue weighted by Crippen LogP contribution is 2.21. The van der Waals surface area contributed by atoms with Gasteiger partial charge in [0.1, 0.15) is 0 Å². The lowest BCUT2D eigenvalue weighted by Gasteiger charge is -2.32. The van der Waals surface area contributed by atoms with Gasteiger partial charge in [0, 0.05) is 13.1 Å². The summed E-state index contributed by atoms with van der Waals surface area (Å²) in [6.07, 6.45) is 1.63. The fourth-order valence-electron chi connectivity index (χ4n) is 2.49. The van der Waals surface area contributed by atoms with Crippen LogP contribution in [0.4, 0.5) is 13.2 Å². The van der Waals surface area contributed by atoms with Gasteiger partial charge in [0.05, 0.1) is 5.56 Å². The van der Waals surface area contributed by atoms with Gasteiger partial charge < -0.3 is 10.2 Å². The van der Waals surface area contributed by atoms with E-state index in [2.05, 4.69) is 5.32 Å². The number of nitrogens with zero attached hydrogens (tertiary/aromatic N) is 1. The van der Waals surface area contributed by atoms with Crippen LogP contribution in [0.25, 0.3) is 0 Å². The van der Waals surface area contributed by atoms with Crippen molar-refractivity contribution in [1.82, 2.24) is 10.2 Å². The molecule has 2 rings (SSSR count). The van der Waals surface area contributed by atoms with Gasteiger partial charge in [-0.15, -0.1) is 0 Å². The summed E-state index contributed by atoms with van der Waals surface area (Å²) in [6, 6.07) is 1.77. The van der Waals surface area contributed by atoms with Gasteiger partial charge in [0.25, 0.3) is 5.91 Å². The summed E-state index contributed by atoms with van der Waals surface area (Å²) in [5, 5.41) is 3.08. The topological polar surface area (TPSA) is 32.3 Å². The molecule has 0 aromatic heterocycles. The van der Waals surface area contributed by atoms with Gasteiger partial charge >= 0.3 is 0 Å². The van der Waals surface area contributed by atoms with E-state index < -0.39 is 28.9 Å². The van der Waals surface area contributed by atoms with E-state index in [1.54, 1.807) is 0 Å². The average Bonchev–Trinajstić information content (AvgIpc) is 2.45. The van der Waals surface area contributed by atoms with Crippen molar-refractivity contribution in [3.05, 3.63) is 35.1 Å². The molecule has 0 spiro atoms. The lowest BCUT2D eigenvalue weighted by Crippen LogP contribution is -2.40. The maximum atomic E-state index is 13.6. The van der Waals surface area contributed by atoms with Gasteiger partial charge in [0.2, 0.25) is 0 Å². The molecule has 1 saturated heterocycles. The van der Waals surface area contributed by atoms with Crippen LogP contribution in [0, 0.1) is 23.4 Å². The highest BCUT2D eigenvalue weighted by atomic mass is 19.2. The zero-order chi connectivity index (χ0) is 14.7. The van der Waals surface area contributed by atoms with E-state index in [4.69, 9.17) is 0 Å². The van der Waals surface area contributed by atoms with Gasteiger partial charge in [-0.1, -0.05) is 0 Å². The van der Waals surface area contributed by atoms with Crippen molar-refractivity contribution < 1.29 is 18.0 Å². The summed E-state index contributed by atoms with van der Waals surface area (Å²) in [5.74, 6) is -4.39. The molecule has 0 radical (unpaired) electrons. The second-order valence-corrected chi connectivity index (χ2v) is 5.02. The fraction of sp³-hybridized carbons (Fsp3) is 0.500. The minimum Gasteiger partial charge on any atom is -0.339 e. The molecule has 1 fully saturated rings. The predicted molar refractivity (Wildman–Crippen MR) is 68.9 cm³/mol. The number of hydrogen-bond acceptors (Lipinski definition) is 2. The maximum Gasteiger partial charge on any atom is 0.256 e. The molecule has 0 atom stereocenters. The first-order valence-corrected chi connectivity index (χ1v) is 6.62. The zero-order valence-corrected chi connectivity index (χ0v) is 11.3. The summed E-state index contributed by atoms with van der Waals surface area (Å²) in [6.45, 7) is 1.88. The Morgan fingerprint density at radius 2 is 1.90 bits per heavy atom. The normalized spacial score (nSPS) is 16.5. The standard InChI is InChI=1S/C14H17F3N2O/c1-18-8-9-4-6-19(7-5-9)14(20)10-2-3-11(15)13(17)12(10)16/h2-3,9,18H,4-8H2,1H3. The van der Waals surface area contributed by atoms with Gasteiger partial charge in [-0.3, -0.25) is 4.79 Å². The lowest BCUT2D eigenvalue weighted by molar-refractivity contribution is 0.0685. The Bertz CT molecular complexity index is 499. The summed E-state index contributed by atoms with van der Waals surface area (Å²) >= 11 is 0. The molecular formula is C14H17F3N2O. The smallest absolute Gasteiger partial charge is 0.256 e. The highest BCUT2D eigenvalue weighted by Gasteiger charge is 2.26. The van der Waals surface area contributed by atoms with Crippen molar-refractivity contribution in [2.45, 2.75) is 12.8 Å². The number of benzene rings is 1. The molecule has 1 heterocycles. The van der Waals surface area contributed by atoms with Gasteiger partial charge in [-0.05, 0) is 44.5 Å². The second-order valence-electron chi connectivity index (χ2n) is 5.02. The fourth-order valence-corrected chi connectivity index (χ4v) is 2.49. The molecule has 110 valence electrons. The Labute approximate surface area is 115 Å². The monoisotopic (exact) mass is 286 g/mol.